The summed E-state index contributed by atoms with van der Waals surface area (Å²) in [7, 11) is 1.60. The molecule has 0 radical (unpaired) electrons. The van der Waals surface area contributed by atoms with Gasteiger partial charge in [-0.2, -0.15) is 0 Å². The molecule has 0 spiro atoms. The summed E-state index contributed by atoms with van der Waals surface area (Å²) in [4.78, 5) is 10.5. The fourth-order valence-corrected chi connectivity index (χ4v) is 2.14. The van der Waals surface area contributed by atoms with Gasteiger partial charge < -0.3 is 15.4 Å². The van der Waals surface area contributed by atoms with Crippen molar-refractivity contribution in [2.45, 2.75) is 6.92 Å². The molecule has 114 valence electrons. The predicted octanol–water partition coefficient (Wildman–Crippen LogP) is 3.72. The van der Waals surface area contributed by atoms with Crippen molar-refractivity contribution in [3.63, 3.8) is 0 Å². The Bertz CT molecular complexity index is 702. The van der Waals surface area contributed by atoms with E-state index in [0.717, 1.165) is 11.4 Å². The molecule has 0 bridgehead atoms. The van der Waals surface area contributed by atoms with Crippen LogP contribution in [0.2, 0.25) is 0 Å². The van der Waals surface area contributed by atoms with Crippen molar-refractivity contribution >= 4 is 34.4 Å². The summed E-state index contributed by atoms with van der Waals surface area (Å²) >= 11 is 5.22. The van der Waals surface area contributed by atoms with E-state index in [2.05, 4.69) is 10.6 Å². The number of benzene rings is 2. The molecular formula is C15H15N3O3S. The average Bonchev–Trinajstić information content (AvgIpc) is 2.50. The van der Waals surface area contributed by atoms with Crippen LogP contribution in [0.4, 0.5) is 17.1 Å². The SMILES string of the molecule is COc1ccc(NC(=S)Nc2cccc([N+](=O)[O-])c2C)cc1. The van der Waals surface area contributed by atoms with Gasteiger partial charge in [0.1, 0.15) is 5.75 Å². The molecule has 0 aliphatic rings. The van der Waals surface area contributed by atoms with E-state index in [4.69, 9.17) is 17.0 Å². The maximum absolute atomic E-state index is 10.9. The lowest BCUT2D eigenvalue weighted by Gasteiger charge is -2.12. The number of nitrogens with zero attached hydrogens (tertiary/aromatic N) is 1. The second-order valence-corrected chi connectivity index (χ2v) is 4.92. The van der Waals surface area contributed by atoms with Crippen LogP contribution in [-0.2, 0) is 0 Å². The number of nitrogens with one attached hydrogen (secondary N) is 2. The highest BCUT2D eigenvalue weighted by Crippen LogP contribution is 2.25. The van der Waals surface area contributed by atoms with Gasteiger partial charge in [-0.05, 0) is 49.5 Å². The van der Waals surface area contributed by atoms with E-state index < -0.39 is 4.92 Å². The first-order valence-electron chi connectivity index (χ1n) is 6.47. The highest BCUT2D eigenvalue weighted by Gasteiger charge is 2.13. The van der Waals surface area contributed by atoms with Crippen LogP contribution in [-0.4, -0.2) is 17.1 Å². The Kier molecular flexibility index (Phi) is 4.90. The minimum absolute atomic E-state index is 0.0530. The first-order chi connectivity index (χ1) is 10.5. The summed E-state index contributed by atoms with van der Waals surface area (Å²) in [6.07, 6.45) is 0. The molecule has 0 unspecified atom stereocenters. The van der Waals surface area contributed by atoms with Crippen LogP contribution in [0.15, 0.2) is 42.5 Å². The molecule has 0 aromatic heterocycles. The summed E-state index contributed by atoms with van der Waals surface area (Å²) in [6.45, 7) is 1.68. The fourth-order valence-electron chi connectivity index (χ4n) is 1.92. The Morgan fingerprint density at radius 1 is 1.18 bits per heavy atom. The van der Waals surface area contributed by atoms with Crippen LogP contribution >= 0.6 is 12.2 Å². The van der Waals surface area contributed by atoms with Crippen molar-refractivity contribution in [1.82, 2.24) is 0 Å². The largest absolute Gasteiger partial charge is 0.497 e. The van der Waals surface area contributed by atoms with Gasteiger partial charge in [-0.1, -0.05) is 6.07 Å². The molecule has 2 rings (SSSR count). The Hall–Kier alpha value is -2.67. The molecular weight excluding hydrogens is 302 g/mol. The maximum atomic E-state index is 10.9. The standard InChI is InChI=1S/C15H15N3O3S/c1-10-13(4-3-5-14(10)18(19)20)17-15(22)16-11-6-8-12(21-2)9-7-11/h3-9H,1-2H3,(H2,16,17,22). The molecule has 7 heteroatoms. The Morgan fingerprint density at radius 3 is 2.45 bits per heavy atom. The van der Waals surface area contributed by atoms with Gasteiger partial charge in [0.05, 0.1) is 23.3 Å². The topological polar surface area (TPSA) is 76.4 Å². The number of ether oxygens (including phenoxy) is 1. The summed E-state index contributed by atoms with van der Waals surface area (Å²) in [5.41, 5.74) is 1.98. The lowest BCUT2D eigenvalue weighted by atomic mass is 10.1. The molecule has 0 atom stereocenters. The number of rotatable bonds is 4. The van der Waals surface area contributed by atoms with E-state index in [1.807, 2.05) is 24.3 Å². The zero-order valence-corrected chi connectivity index (χ0v) is 12.9. The molecule has 0 fully saturated rings. The van der Waals surface area contributed by atoms with Gasteiger partial charge in [-0.25, -0.2) is 0 Å². The third-order valence-electron chi connectivity index (χ3n) is 3.10. The summed E-state index contributed by atoms with van der Waals surface area (Å²) in [6, 6.07) is 12.1. The molecule has 2 aromatic carbocycles. The average molecular weight is 317 g/mol. The quantitative estimate of drug-likeness (QED) is 0.508. The highest BCUT2D eigenvalue weighted by molar-refractivity contribution is 7.80. The lowest BCUT2D eigenvalue weighted by molar-refractivity contribution is -0.385. The third kappa shape index (κ3) is 3.70. The van der Waals surface area contributed by atoms with Crippen LogP contribution in [0.3, 0.4) is 0 Å². The van der Waals surface area contributed by atoms with Crippen molar-refractivity contribution in [1.29, 1.82) is 0 Å². The Labute approximate surface area is 133 Å². The van der Waals surface area contributed by atoms with Gasteiger partial charge >= 0.3 is 0 Å². The zero-order chi connectivity index (χ0) is 16.1. The van der Waals surface area contributed by atoms with Gasteiger partial charge in [0, 0.05) is 11.8 Å². The number of hydrogen-bond donors (Lipinski definition) is 2. The molecule has 2 aromatic rings. The molecule has 0 aliphatic carbocycles. The second-order valence-electron chi connectivity index (χ2n) is 4.51. The van der Waals surface area contributed by atoms with Crippen molar-refractivity contribution in [3.05, 3.63) is 58.1 Å². The molecule has 0 saturated carbocycles. The number of nitro groups is 1. The lowest BCUT2D eigenvalue weighted by Crippen LogP contribution is -2.19. The molecule has 0 heterocycles. The number of anilines is 2. The summed E-state index contributed by atoms with van der Waals surface area (Å²) in [5, 5.41) is 17.3. The van der Waals surface area contributed by atoms with E-state index in [0.29, 0.717) is 16.4 Å². The van der Waals surface area contributed by atoms with Crippen molar-refractivity contribution in [2.24, 2.45) is 0 Å². The van der Waals surface area contributed by atoms with E-state index in [1.165, 1.54) is 6.07 Å². The highest BCUT2D eigenvalue weighted by atomic mass is 32.1. The minimum atomic E-state index is -0.416. The van der Waals surface area contributed by atoms with Crippen molar-refractivity contribution < 1.29 is 9.66 Å². The van der Waals surface area contributed by atoms with E-state index >= 15 is 0 Å². The van der Waals surface area contributed by atoms with E-state index in [9.17, 15) is 10.1 Å². The van der Waals surface area contributed by atoms with Crippen LogP contribution in [0.25, 0.3) is 0 Å². The Morgan fingerprint density at radius 2 is 1.86 bits per heavy atom. The molecule has 0 aliphatic heterocycles. The summed E-state index contributed by atoms with van der Waals surface area (Å²) in [5.74, 6) is 0.749. The van der Waals surface area contributed by atoms with Crippen LogP contribution < -0.4 is 15.4 Å². The molecule has 0 amide bonds. The predicted molar refractivity (Wildman–Crippen MR) is 90.7 cm³/mol. The van der Waals surface area contributed by atoms with Gasteiger partial charge in [-0.3, -0.25) is 10.1 Å². The number of nitro benzene ring substituents is 1. The van der Waals surface area contributed by atoms with Crippen LogP contribution in [0.5, 0.6) is 5.75 Å². The first kappa shape index (κ1) is 15.7. The first-order valence-corrected chi connectivity index (χ1v) is 6.88. The molecule has 6 nitrogen and oxygen atoms in total. The zero-order valence-electron chi connectivity index (χ0n) is 12.1. The minimum Gasteiger partial charge on any atom is -0.497 e. The molecule has 22 heavy (non-hydrogen) atoms. The normalized spacial score (nSPS) is 9.91. The third-order valence-corrected chi connectivity index (χ3v) is 3.30. The number of thiocarbonyl (C=S) groups is 1. The van der Waals surface area contributed by atoms with E-state index in [1.54, 1.807) is 26.2 Å². The Balaban J connectivity index is 2.08. The fraction of sp³-hybridized carbons (Fsp3) is 0.133. The van der Waals surface area contributed by atoms with Gasteiger partial charge in [0.15, 0.2) is 5.11 Å². The van der Waals surface area contributed by atoms with Crippen LogP contribution in [0, 0.1) is 17.0 Å². The van der Waals surface area contributed by atoms with Crippen molar-refractivity contribution in [3.8, 4) is 5.75 Å². The van der Waals surface area contributed by atoms with Crippen LogP contribution in [0.1, 0.15) is 5.56 Å². The summed E-state index contributed by atoms with van der Waals surface area (Å²) < 4.78 is 5.08. The number of hydrogen-bond acceptors (Lipinski definition) is 4. The molecule has 0 saturated heterocycles. The smallest absolute Gasteiger partial charge is 0.274 e. The van der Waals surface area contributed by atoms with Crippen molar-refractivity contribution in [2.75, 3.05) is 17.7 Å². The monoisotopic (exact) mass is 317 g/mol. The molecule has 2 N–H and O–H groups in total. The maximum Gasteiger partial charge on any atom is 0.274 e. The van der Waals surface area contributed by atoms with Gasteiger partial charge in [0.2, 0.25) is 0 Å². The van der Waals surface area contributed by atoms with Gasteiger partial charge in [-0.15, -0.1) is 0 Å². The second kappa shape index (κ2) is 6.86. The van der Waals surface area contributed by atoms with Gasteiger partial charge in [0.25, 0.3) is 5.69 Å². The number of methoxy groups -OCH3 is 1. The van der Waals surface area contributed by atoms with E-state index in [-0.39, 0.29) is 5.69 Å².